The van der Waals surface area contributed by atoms with Gasteiger partial charge in [0.1, 0.15) is 11.6 Å². The van der Waals surface area contributed by atoms with E-state index in [4.69, 9.17) is 9.79 Å². The van der Waals surface area contributed by atoms with Crippen LogP contribution in [-0.4, -0.2) is 34.6 Å². The normalized spacial score (nSPS) is 12.1. The molecule has 1 aromatic heterocycles. The summed E-state index contributed by atoms with van der Waals surface area (Å²) in [5.41, 5.74) is -0.334. The molecule has 0 unspecified atom stereocenters. The van der Waals surface area contributed by atoms with Gasteiger partial charge in [0.2, 0.25) is 0 Å². The fraction of sp³-hybridized carbons (Fsp3) is 0.100. The van der Waals surface area contributed by atoms with E-state index in [0.717, 1.165) is 6.07 Å². The van der Waals surface area contributed by atoms with Gasteiger partial charge >= 0.3 is 7.82 Å². The van der Waals surface area contributed by atoms with Crippen molar-refractivity contribution >= 4 is 41.3 Å². The molecule has 35 heavy (non-hydrogen) atoms. The lowest BCUT2D eigenvalue weighted by Gasteiger charge is -2.12. The Labute approximate surface area is 198 Å². The minimum atomic E-state index is -4.92. The minimum absolute atomic E-state index is 0.00541. The number of aromatic hydroxyl groups is 1. The quantitative estimate of drug-likeness (QED) is 0.183. The van der Waals surface area contributed by atoms with Crippen molar-refractivity contribution in [1.82, 2.24) is 4.98 Å². The summed E-state index contributed by atoms with van der Waals surface area (Å²) >= 11 is 0. The molecule has 0 aliphatic carbocycles. The minimum Gasteiger partial charge on any atom is -0.505 e. The number of aldehydes is 1. The van der Waals surface area contributed by atoms with Gasteiger partial charge in [-0.2, -0.15) is 0 Å². The second kappa shape index (κ2) is 10.4. The summed E-state index contributed by atoms with van der Waals surface area (Å²) in [5, 5.41) is 17.8. The second-order valence-electron chi connectivity index (χ2n) is 6.95. The van der Waals surface area contributed by atoms with Crippen LogP contribution < -0.4 is 4.72 Å². The number of hydrogen-bond acceptors (Lipinski definition) is 9. The van der Waals surface area contributed by atoms with Gasteiger partial charge in [-0.15, -0.1) is 10.2 Å². The number of phosphoric acid groups is 1. The predicted octanol–water partition coefficient (Wildman–Crippen LogP) is 3.87. The number of nitrogens with zero attached hydrogens (tertiary/aromatic N) is 3. The molecule has 0 aliphatic heterocycles. The van der Waals surface area contributed by atoms with Gasteiger partial charge in [-0.1, -0.05) is 6.07 Å². The number of phosphoric ester groups is 1. The molecular weight excluding hydrogens is 506 g/mol. The number of nitrogens with one attached hydrogen (secondary N) is 1. The van der Waals surface area contributed by atoms with E-state index in [2.05, 4.69) is 24.5 Å². The van der Waals surface area contributed by atoms with Crippen LogP contribution in [0.5, 0.6) is 5.75 Å². The Hall–Kier alpha value is -3.55. The van der Waals surface area contributed by atoms with Gasteiger partial charge in [0.25, 0.3) is 10.0 Å². The van der Waals surface area contributed by atoms with Crippen molar-refractivity contribution in [1.29, 1.82) is 0 Å². The molecule has 0 amide bonds. The van der Waals surface area contributed by atoms with Crippen LogP contribution in [0.1, 0.15) is 21.6 Å². The standard InChI is InChI=1S/C20H18FN4O8PS/c1-12-19(27)17(10-26)18(11-33-34(28,29)30)20(22-12)24-23-14-5-7-16(8-6-14)35(31,32)25-15-4-2-3-13(21)9-15/h2-10,25,27H,11H2,1H3,(H2,28,29,30). The van der Waals surface area contributed by atoms with Crippen molar-refractivity contribution < 1.29 is 41.6 Å². The summed E-state index contributed by atoms with van der Waals surface area (Å²) in [5.74, 6) is -1.37. The Kier molecular flexibility index (Phi) is 7.73. The molecule has 0 radical (unpaired) electrons. The Bertz CT molecular complexity index is 1440. The van der Waals surface area contributed by atoms with Crippen LogP contribution in [0.2, 0.25) is 0 Å². The van der Waals surface area contributed by atoms with Gasteiger partial charge in [0.05, 0.1) is 34.1 Å². The van der Waals surface area contributed by atoms with E-state index < -0.39 is 36.0 Å². The Morgan fingerprint density at radius 1 is 1.17 bits per heavy atom. The fourth-order valence-corrected chi connectivity index (χ4v) is 4.15. The number of hydrogen-bond donors (Lipinski definition) is 4. The second-order valence-corrected chi connectivity index (χ2v) is 9.88. The number of carbonyl (C=O) groups excluding carboxylic acids is 1. The molecule has 0 saturated heterocycles. The van der Waals surface area contributed by atoms with E-state index >= 15 is 0 Å². The molecule has 0 atom stereocenters. The molecule has 0 saturated carbocycles. The smallest absolute Gasteiger partial charge is 0.469 e. The number of rotatable bonds is 9. The maximum atomic E-state index is 13.3. The molecule has 15 heteroatoms. The Morgan fingerprint density at radius 2 is 1.86 bits per heavy atom. The summed E-state index contributed by atoms with van der Waals surface area (Å²) in [6.45, 7) is 0.580. The summed E-state index contributed by atoms with van der Waals surface area (Å²) in [6.07, 6.45) is 0.257. The van der Waals surface area contributed by atoms with Crippen LogP contribution in [0.25, 0.3) is 0 Å². The van der Waals surface area contributed by atoms with Gasteiger partial charge in [-0.25, -0.2) is 22.4 Å². The SMILES string of the molecule is Cc1nc(N=Nc2ccc(S(=O)(=O)Nc3cccc(F)c3)cc2)c(COP(=O)(O)O)c(C=O)c1O. The highest BCUT2D eigenvalue weighted by molar-refractivity contribution is 7.92. The highest BCUT2D eigenvalue weighted by Crippen LogP contribution is 2.40. The molecule has 0 aliphatic rings. The van der Waals surface area contributed by atoms with Crippen LogP contribution >= 0.6 is 7.82 Å². The molecule has 2 aromatic carbocycles. The molecule has 184 valence electrons. The number of pyridine rings is 1. The number of benzene rings is 2. The van der Waals surface area contributed by atoms with Crippen molar-refractivity contribution in [2.75, 3.05) is 4.72 Å². The van der Waals surface area contributed by atoms with Crippen LogP contribution in [0.4, 0.5) is 21.6 Å². The van der Waals surface area contributed by atoms with Crippen molar-refractivity contribution in [3.63, 3.8) is 0 Å². The molecule has 4 N–H and O–H groups in total. The topological polar surface area (TPSA) is 188 Å². The number of halogens is 1. The number of aryl methyl sites for hydroxylation is 1. The van der Waals surface area contributed by atoms with E-state index in [-0.39, 0.29) is 45.2 Å². The number of anilines is 1. The monoisotopic (exact) mass is 524 g/mol. The van der Waals surface area contributed by atoms with Crippen LogP contribution in [0.15, 0.2) is 63.7 Å². The average Bonchev–Trinajstić information content (AvgIpc) is 2.78. The number of azo groups is 1. The molecular formula is C20H18FN4O8PS. The first-order chi connectivity index (χ1) is 16.4. The number of aromatic nitrogens is 1. The third-order valence-electron chi connectivity index (χ3n) is 4.45. The first kappa shape index (κ1) is 26.1. The fourth-order valence-electron chi connectivity index (χ4n) is 2.80. The van der Waals surface area contributed by atoms with Crippen molar-refractivity contribution in [3.8, 4) is 5.75 Å². The van der Waals surface area contributed by atoms with Crippen LogP contribution in [0.3, 0.4) is 0 Å². The van der Waals surface area contributed by atoms with E-state index in [1.54, 1.807) is 0 Å². The third kappa shape index (κ3) is 6.74. The molecule has 1 heterocycles. The van der Waals surface area contributed by atoms with Gasteiger partial charge in [-0.05, 0) is 49.4 Å². The van der Waals surface area contributed by atoms with E-state index in [1.807, 2.05) is 0 Å². The largest absolute Gasteiger partial charge is 0.505 e. The predicted molar refractivity (Wildman–Crippen MR) is 121 cm³/mol. The maximum absolute atomic E-state index is 13.3. The Morgan fingerprint density at radius 3 is 2.46 bits per heavy atom. The Balaban J connectivity index is 1.88. The molecule has 0 spiro atoms. The first-order valence-electron chi connectivity index (χ1n) is 9.57. The molecule has 0 bridgehead atoms. The van der Waals surface area contributed by atoms with Crippen molar-refractivity contribution in [2.24, 2.45) is 10.2 Å². The lowest BCUT2D eigenvalue weighted by Crippen LogP contribution is -2.12. The zero-order chi connectivity index (χ0) is 25.8. The summed E-state index contributed by atoms with van der Waals surface area (Å²) < 4.78 is 56.1. The zero-order valence-corrected chi connectivity index (χ0v) is 19.6. The van der Waals surface area contributed by atoms with Gasteiger partial charge in [-0.3, -0.25) is 14.0 Å². The molecule has 0 fully saturated rings. The number of sulfonamides is 1. The zero-order valence-electron chi connectivity index (χ0n) is 17.9. The first-order valence-corrected chi connectivity index (χ1v) is 12.6. The number of carbonyl (C=O) groups is 1. The lowest BCUT2D eigenvalue weighted by atomic mass is 10.1. The van der Waals surface area contributed by atoms with Crippen molar-refractivity contribution in [2.45, 2.75) is 18.4 Å². The highest BCUT2D eigenvalue weighted by atomic mass is 32.2. The molecule has 12 nitrogen and oxygen atoms in total. The lowest BCUT2D eigenvalue weighted by molar-refractivity contribution is 0.111. The van der Waals surface area contributed by atoms with Gasteiger partial charge in [0, 0.05) is 5.56 Å². The summed E-state index contributed by atoms with van der Waals surface area (Å²) in [4.78, 5) is 33.2. The molecule has 3 aromatic rings. The third-order valence-corrected chi connectivity index (χ3v) is 6.31. The van der Waals surface area contributed by atoms with Crippen LogP contribution in [0, 0.1) is 12.7 Å². The summed E-state index contributed by atoms with van der Waals surface area (Å²) in [6, 6.07) is 9.99. The maximum Gasteiger partial charge on any atom is 0.469 e. The van der Waals surface area contributed by atoms with E-state index in [0.29, 0.717) is 0 Å². The van der Waals surface area contributed by atoms with E-state index in [9.17, 15) is 27.3 Å². The van der Waals surface area contributed by atoms with Gasteiger partial charge < -0.3 is 14.9 Å². The summed E-state index contributed by atoms with van der Waals surface area (Å²) in [7, 11) is -8.94. The van der Waals surface area contributed by atoms with E-state index in [1.165, 1.54) is 49.4 Å². The highest BCUT2D eigenvalue weighted by Gasteiger charge is 2.22. The average molecular weight is 524 g/mol. The van der Waals surface area contributed by atoms with Crippen molar-refractivity contribution in [3.05, 3.63) is 71.2 Å². The van der Waals surface area contributed by atoms with Crippen LogP contribution in [-0.2, 0) is 25.7 Å². The molecule has 3 rings (SSSR count). The van der Waals surface area contributed by atoms with Gasteiger partial charge in [0.15, 0.2) is 12.1 Å².